The normalized spacial score (nSPS) is 10.3. The number of carbonyl (C=O) groups excluding carboxylic acids is 1. The molecule has 0 spiro atoms. The van der Waals surface area contributed by atoms with Gasteiger partial charge < -0.3 is 10.1 Å². The van der Waals surface area contributed by atoms with Crippen molar-refractivity contribution in [3.05, 3.63) is 58.3 Å². The monoisotopic (exact) mass is 334 g/mol. The van der Waals surface area contributed by atoms with Gasteiger partial charge in [-0.3, -0.25) is 4.79 Å². The Bertz CT molecular complexity index is 602. The predicted octanol–water partition coefficient (Wildman–Crippen LogP) is 3.63. The second kappa shape index (κ2) is 7.17. The fraction of sp³-hybridized carbons (Fsp3) is 0.200. The summed E-state index contributed by atoms with van der Waals surface area (Å²) in [6.07, 6.45) is 1.59. The summed E-state index contributed by atoms with van der Waals surface area (Å²) in [7, 11) is 0. The van der Waals surface area contributed by atoms with Crippen molar-refractivity contribution in [1.29, 1.82) is 0 Å². The van der Waals surface area contributed by atoms with Crippen LogP contribution in [-0.4, -0.2) is 17.5 Å². The van der Waals surface area contributed by atoms with E-state index in [4.69, 9.17) is 4.74 Å². The van der Waals surface area contributed by atoms with E-state index in [9.17, 15) is 4.79 Å². The summed E-state index contributed by atoms with van der Waals surface area (Å²) in [4.78, 5) is 16.3. The van der Waals surface area contributed by atoms with Crippen LogP contribution in [0.25, 0.3) is 0 Å². The van der Waals surface area contributed by atoms with E-state index in [-0.39, 0.29) is 5.91 Å². The van der Waals surface area contributed by atoms with Crippen LogP contribution < -0.4 is 5.32 Å². The molecule has 0 atom stereocenters. The first-order valence-corrected chi connectivity index (χ1v) is 7.09. The highest BCUT2D eigenvalue weighted by molar-refractivity contribution is 9.10. The summed E-state index contributed by atoms with van der Waals surface area (Å²) in [5.74, 6) is -0.249. The van der Waals surface area contributed by atoms with Crippen molar-refractivity contribution < 1.29 is 9.53 Å². The molecule has 0 radical (unpaired) electrons. The molecule has 1 aromatic carbocycles. The van der Waals surface area contributed by atoms with Gasteiger partial charge in [0.25, 0.3) is 5.91 Å². The number of nitrogens with zero attached hydrogens (tertiary/aromatic N) is 1. The molecule has 2 aromatic rings. The van der Waals surface area contributed by atoms with Gasteiger partial charge in [-0.05, 0) is 41.1 Å². The molecule has 1 N–H and O–H groups in total. The van der Waals surface area contributed by atoms with Gasteiger partial charge in [0.2, 0.25) is 0 Å². The van der Waals surface area contributed by atoms with E-state index in [0.717, 1.165) is 11.3 Å². The summed E-state index contributed by atoms with van der Waals surface area (Å²) in [5, 5.41) is 2.87. The minimum Gasteiger partial charge on any atom is -0.377 e. The lowest BCUT2D eigenvalue weighted by atomic mass is 10.2. The molecule has 4 nitrogen and oxygen atoms in total. The number of rotatable bonds is 5. The first kappa shape index (κ1) is 14.7. The van der Waals surface area contributed by atoms with Gasteiger partial charge in [-0.1, -0.05) is 18.2 Å². The zero-order valence-corrected chi connectivity index (χ0v) is 12.7. The van der Waals surface area contributed by atoms with Crippen LogP contribution in [0, 0.1) is 0 Å². The van der Waals surface area contributed by atoms with E-state index in [1.54, 1.807) is 18.3 Å². The zero-order valence-electron chi connectivity index (χ0n) is 11.1. The van der Waals surface area contributed by atoms with Gasteiger partial charge in [0.05, 0.1) is 6.61 Å². The average molecular weight is 335 g/mol. The Morgan fingerprint density at radius 2 is 2.10 bits per heavy atom. The second-order valence-electron chi connectivity index (χ2n) is 4.08. The van der Waals surface area contributed by atoms with Gasteiger partial charge in [0, 0.05) is 28.5 Å². The molecule has 5 heteroatoms. The van der Waals surface area contributed by atoms with Crippen LogP contribution in [0.3, 0.4) is 0 Å². The van der Waals surface area contributed by atoms with Crippen molar-refractivity contribution in [2.24, 2.45) is 0 Å². The third kappa shape index (κ3) is 3.65. The van der Waals surface area contributed by atoms with E-state index in [1.807, 2.05) is 31.2 Å². The van der Waals surface area contributed by atoms with Crippen molar-refractivity contribution in [3.63, 3.8) is 0 Å². The second-order valence-corrected chi connectivity index (χ2v) is 4.94. The Balaban J connectivity index is 2.18. The third-order valence-corrected chi connectivity index (χ3v) is 3.34. The molecular formula is C15H15BrN2O2. The highest BCUT2D eigenvalue weighted by Crippen LogP contribution is 2.19. The van der Waals surface area contributed by atoms with Crippen LogP contribution in [-0.2, 0) is 11.3 Å². The molecule has 104 valence electrons. The molecule has 20 heavy (non-hydrogen) atoms. The molecule has 0 saturated heterocycles. The van der Waals surface area contributed by atoms with Crippen LogP contribution in [0.1, 0.15) is 23.0 Å². The molecule has 0 fully saturated rings. The third-order valence-electron chi connectivity index (χ3n) is 2.70. The molecule has 1 heterocycles. The van der Waals surface area contributed by atoms with Crippen LogP contribution in [0.4, 0.5) is 5.69 Å². The number of amides is 1. The maximum atomic E-state index is 12.2. The number of aromatic nitrogens is 1. The minimum atomic E-state index is -0.249. The number of para-hydroxylation sites is 1. The smallest absolute Gasteiger partial charge is 0.275 e. The standard InChI is InChI=1S/C15H15BrN2O2/c1-2-20-10-11-6-3-4-8-13(11)18-15(19)14-12(16)7-5-9-17-14/h3-9H,2,10H2,1H3,(H,18,19). The topological polar surface area (TPSA) is 51.2 Å². The molecule has 0 bridgehead atoms. The first-order valence-electron chi connectivity index (χ1n) is 6.30. The molecule has 1 aromatic heterocycles. The summed E-state index contributed by atoms with van der Waals surface area (Å²) >= 11 is 3.32. The van der Waals surface area contributed by atoms with Gasteiger partial charge >= 0.3 is 0 Å². The highest BCUT2D eigenvalue weighted by Gasteiger charge is 2.12. The number of halogens is 1. The van der Waals surface area contributed by atoms with Crippen LogP contribution in [0.5, 0.6) is 0 Å². The molecule has 1 amide bonds. The van der Waals surface area contributed by atoms with E-state index < -0.39 is 0 Å². The molecule has 0 saturated carbocycles. The van der Waals surface area contributed by atoms with Crippen molar-refractivity contribution in [3.8, 4) is 0 Å². The van der Waals surface area contributed by atoms with Gasteiger partial charge in [-0.2, -0.15) is 0 Å². The van der Waals surface area contributed by atoms with Crippen molar-refractivity contribution in [1.82, 2.24) is 4.98 Å². The number of anilines is 1. The summed E-state index contributed by atoms with van der Waals surface area (Å²) in [6, 6.07) is 11.1. The van der Waals surface area contributed by atoms with Crippen LogP contribution in [0.15, 0.2) is 47.1 Å². The van der Waals surface area contributed by atoms with E-state index in [1.165, 1.54) is 0 Å². The lowest BCUT2D eigenvalue weighted by Gasteiger charge is -2.11. The first-order chi connectivity index (χ1) is 9.72. The summed E-state index contributed by atoms with van der Waals surface area (Å²) in [6.45, 7) is 3.04. The number of carbonyl (C=O) groups is 1. The maximum Gasteiger partial charge on any atom is 0.275 e. The number of benzene rings is 1. The van der Waals surface area contributed by atoms with Crippen molar-refractivity contribution in [2.45, 2.75) is 13.5 Å². The Morgan fingerprint density at radius 1 is 1.30 bits per heavy atom. The minimum absolute atomic E-state index is 0.249. The molecule has 0 aliphatic carbocycles. The number of hydrogen-bond acceptors (Lipinski definition) is 3. The predicted molar refractivity (Wildman–Crippen MR) is 81.7 cm³/mol. The largest absolute Gasteiger partial charge is 0.377 e. The number of ether oxygens (including phenoxy) is 1. The fourth-order valence-electron chi connectivity index (χ4n) is 1.71. The number of pyridine rings is 1. The van der Waals surface area contributed by atoms with Crippen molar-refractivity contribution >= 4 is 27.5 Å². The quantitative estimate of drug-likeness (QED) is 0.908. The SMILES string of the molecule is CCOCc1ccccc1NC(=O)c1ncccc1Br. The van der Waals surface area contributed by atoms with Gasteiger partial charge in [-0.15, -0.1) is 0 Å². The maximum absolute atomic E-state index is 12.2. The Kier molecular flexibility index (Phi) is 5.26. The molecular weight excluding hydrogens is 320 g/mol. The average Bonchev–Trinajstić information content (AvgIpc) is 2.46. The van der Waals surface area contributed by atoms with Crippen LogP contribution >= 0.6 is 15.9 Å². The lowest BCUT2D eigenvalue weighted by molar-refractivity contribution is 0.102. The van der Waals surface area contributed by atoms with Gasteiger partial charge in [-0.25, -0.2) is 4.98 Å². The van der Waals surface area contributed by atoms with Gasteiger partial charge in [0.15, 0.2) is 0 Å². The highest BCUT2D eigenvalue weighted by atomic mass is 79.9. The molecule has 0 unspecified atom stereocenters. The van der Waals surface area contributed by atoms with Crippen molar-refractivity contribution in [2.75, 3.05) is 11.9 Å². The molecule has 0 aliphatic heterocycles. The Hall–Kier alpha value is -1.72. The number of hydrogen-bond donors (Lipinski definition) is 1. The van der Waals surface area contributed by atoms with Gasteiger partial charge in [0.1, 0.15) is 5.69 Å². The summed E-state index contributed by atoms with van der Waals surface area (Å²) in [5.41, 5.74) is 2.04. The van der Waals surface area contributed by atoms with Crippen LogP contribution in [0.2, 0.25) is 0 Å². The van der Waals surface area contributed by atoms with E-state index >= 15 is 0 Å². The Labute approximate surface area is 126 Å². The number of nitrogens with one attached hydrogen (secondary N) is 1. The molecule has 0 aliphatic rings. The lowest BCUT2D eigenvalue weighted by Crippen LogP contribution is -2.15. The van der Waals surface area contributed by atoms with E-state index in [0.29, 0.717) is 23.4 Å². The van der Waals surface area contributed by atoms with E-state index in [2.05, 4.69) is 26.2 Å². The summed E-state index contributed by atoms with van der Waals surface area (Å²) < 4.78 is 6.06. The zero-order chi connectivity index (χ0) is 14.4. The fourth-order valence-corrected chi connectivity index (χ4v) is 2.15. The molecule has 2 rings (SSSR count). The Morgan fingerprint density at radius 3 is 2.85 bits per heavy atom.